The molecule has 3 rings (SSSR count). The molecular formula is C12H10BrF3N5S+. The van der Waals surface area contributed by atoms with Crippen molar-refractivity contribution in [1.82, 2.24) is 19.8 Å². The Morgan fingerprint density at radius 1 is 1.32 bits per heavy atom. The number of aryl methyl sites for hydroxylation is 1. The van der Waals surface area contributed by atoms with E-state index in [9.17, 15) is 13.2 Å². The third-order valence-corrected chi connectivity index (χ3v) is 4.24. The SMILES string of the molecule is CCC[n+]1cc(Br)cc(-c2nn3c(C(F)(F)F)nnc3s2)c1. The van der Waals surface area contributed by atoms with Crippen molar-refractivity contribution in [3.05, 3.63) is 28.8 Å². The zero-order valence-corrected chi connectivity index (χ0v) is 13.7. The first-order chi connectivity index (χ1) is 10.4. The minimum atomic E-state index is -4.58. The number of fused-ring (bicyclic) bond motifs is 1. The van der Waals surface area contributed by atoms with Gasteiger partial charge in [0.25, 0.3) is 5.82 Å². The van der Waals surface area contributed by atoms with E-state index in [0.717, 1.165) is 38.9 Å². The molecule has 0 radical (unpaired) electrons. The summed E-state index contributed by atoms with van der Waals surface area (Å²) in [5, 5.41) is 11.2. The lowest BCUT2D eigenvalue weighted by molar-refractivity contribution is -0.697. The fraction of sp³-hybridized carbons (Fsp3) is 0.333. The first-order valence-electron chi connectivity index (χ1n) is 6.38. The van der Waals surface area contributed by atoms with Gasteiger partial charge in [0.1, 0.15) is 6.54 Å². The summed E-state index contributed by atoms with van der Waals surface area (Å²) in [5.74, 6) is -1.11. The van der Waals surface area contributed by atoms with Crippen molar-refractivity contribution >= 4 is 32.2 Å². The van der Waals surface area contributed by atoms with Gasteiger partial charge in [0.15, 0.2) is 17.4 Å². The first-order valence-corrected chi connectivity index (χ1v) is 7.99. The summed E-state index contributed by atoms with van der Waals surface area (Å²) in [5.41, 5.74) is 0.728. The summed E-state index contributed by atoms with van der Waals surface area (Å²) in [4.78, 5) is 0.115. The fourth-order valence-corrected chi connectivity index (χ4v) is 3.34. The highest BCUT2D eigenvalue weighted by molar-refractivity contribution is 9.10. The van der Waals surface area contributed by atoms with Crippen molar-refractivity contribution in [2.75, 3.05) is 0 Å². The highest BCUT2D eigenvalue weighted by Crippen LogP contribution is 2.31. The standard InChI is InChI=1S/C12H10BrF3N5S/c1-2-3-20-5-7(4-8(13)6-20)9-19-21-10(12(14,15)16)17-18-11(21)22-9/h4-6H,2-3H2,1H3/q+1. The lowest BCUT2D eigenvalue weighted by atomic mass is 10.3. The maximum atomic E-state index is 12.8. The molecule has 0 atom stereocenters. The van der Waals surface area contributed by atoms with Gasteiger partial charge in [-0.2, -0.15) is 22.8 Å². The number of aromatic nitrogens is 5. The maximum Gasteiger partial charge on any atom is 0.453 e. The summed E-state index contributed by atoms with van der Waals surface area (Å²) in [7, 11) is 0. The topological polar surface area (TPSA) is 47.0 Å². The van der Waals surface area contributed by atoms with Gasteiger partial charge in [-0.1, -0.05) is 18.3 Å². The second-order valence-corrected chi connectivity index (χ2v) is 6.48. The lowest BCUT2D eigenvalue weighted by Crippen LogP contribution is -2.32. The Bertz CT molecular complexity index is 826. The van der Waals surface area contributed by atoms with Gasteiger partial charge in [0.2, 0.25) is 4.96 Å². The largest absolute Gasteiger partial charge is 0.453 e. The number of rotatable bonds is 3. The number of pyridine rings is 1. The van der Waals surface area contributed by atoms with Crippen LogP contribution in [0.15, 0.2) is 22.9 Å². The Morgan fingerprint density at radius 2 is 2.09 bits per heavy atom. The van der Waals surface area contributed by atoms with Crippen LogP contribution < -0.4 is 4.57 Å². The minimum Gasteiger partial charge on any atom is -0.203 e. The van der Waals surface area contributed by atoms with Crippen LogP contribution in [0.1, 0.15) is 19.2 Å². The molecule has 0 spiro atoms. The summed E-state index contributed by atoms with van der Waals surface area (Å²) in [6, 6.07) is 1.81. The molecule has 0 saturated heterocycles. The normalized spacial score (nSPS) is 12.2. The molecule has 0 saturated carbocycles. The number of nitrogens with zero attached hydrogens (tertiary/aromatic N) is 5. The highest BCUT2D eigenvalue weighted by atomic mass is 79.9. The average molecular weight is 393 g/mol. The summed E-state index contributed by atoms with van der Waals surface area (Å²) in [6.45, 7) is 2.86. The van der Waals surface area contributed by atoms with Crippen LogP contribution in [0.2, 0.25) is 0 Å². The summed E-state index contributed by atoms with van der Waals surface area (Å²) in [6.07, 6.45) is 0.135. The van der Waals surface area contributed by atoms with Crippen LogP contribution in [0.3, 0.4) is 0 Å². The molecule has 10 heteroatoms. The van der Waals surface area contributed by atoms with E-state index in [2.05, 4.69) is 31.2 Å². The molecule has 3 aromatic rings. The molecule has 22 heavy (non-hydrogen) atoms. The molecule has 116 valence electrons. The van der Waals surface area contributed by atoms with Gasteiger partial charge in [0, 0.05) is 6.42 Å². The predicted octanol–water partition coefficient (Wildman–Crippen LogP) is 3.33. The van der Waals surface area contributed by atoms with Crippen molar-refractivity contribution in [2.24, 2.45) is 0 Å². The molecule has 5 nitrogen and oxygen atoms in total. The van der Waals surface area contributed by atoms with Crippen LogP contribution in [0.25, 0.3) is 15.5 Å². The number of hydrogen-bond donors (Lipinski definition) is 0. The molecular weight excluding hydrogens is 383 g/mol. The van der Waals surface area contributed by atoms with Crippen molar-refractivity contribution in [1.29, 1.82) is 0 Å². The lowest BCUT2D eigenvalue weighted by Gasteiger charge is -2.00. The molecule has 0 unspecified atom stereocenters. The van der Waals surface area contributed by atoms with Gasteiger partial charge in [0.05, 0.1) is 10.0 Å². The van der Waals surface area contributed by atoms with E-state index in [1.807, 2.05) is 30.0 Å². The van der Waals surface area contributed by atoms with E-state index in [0.29, 0.717) is 5.01 Å². The van der Waals surface area contributed by atoms with Crippen LogP contribution in [-0.4, -0.2) is 19.8 Å². The van der Waals surface area contributed by atoms with Crippen LogP contribution in [0.5, 0.6) is 0 Å². The predicted molar refractivity (Wildman–Crippen MR) is 77.3 cm³/mol. The van der Waals surface area contributed by atoms with Crippen molar-refractivity contribution in [3.63, 3.8) is 0 Å². The van der Waals surface area contributed by atoms with E-state index in [-0.39, 0.29) is 4.96 Å². The third kappa shape index (κ3) is 2.84. The Hall–Kier alpha value is -1.55. The molecule has 0 N–H and O–H groups in total. The van der Waals surface area contributed by atoms with Crippen LogP contribution in [0, 0.1) is 0 Å². The van der Waals surface area contributed by atoms with E-state index in [4.69, 9.17) is 0 Å². The van der Waals surface area contributed by atoms with Crippen molar-refractivity contribution in [2.45, 2.75) is 26.1 Å². The Kier molecular flexibility index (Phi) is 3.89. The maximum absolute atomic E-state index is 12.8. The van der Waals surface area contributed by atoms with Gasteiger partial charge in [-0.05, 0) is 22.0 Å². The van der Waals surface area contributed by atoms with Crippen LogP contribution in [-0.2, 0) is 12.7 Å². The molecule has 3 heterocycles. The Morgan fingerprint density at radius 3 is 2.77 bits per heavy atom. The molecule has 0 aliphatic rings. The minimum absolute atomic E-state index is 0.115. The monoisotopic (exact) mass is 392 g/mol. The van der Waals surface area contributed by atoms with Gasteiger partial charge < -0.3 is 0 Å². The van der Waals surface area contributed by atoms with Crippen LogP contribution in [0.4, 0.5) is 13.2 Å². The molecule has 0 fully saturated rings. The summed E-state index contributed by atoms with van der Waals surface area (Å²) >= 11 is 4.47. The van der Waals surface area contributed by atoms with E-state index >= 15 is 0 Å². The molecule has 0 aliphatic heterocycles. The average Bonchev–Trinajstić information content (AvgIpc) is 2.96. The molecule has 0 aromatic carbocycles. The van der Waals surface area contributed by atoms with Crippen molar-refractivity contribution < 1.29 is 17.7 Å². The smallest absolute Gasteiger partial charge is 0.203 e. The second-order valence-electron chi connectivity index (χ2n) is 4.60. The highest BCUT2D eigenvalue weighted by Gasteiger charge is 2.38. The zero-order valence-electron chi connectivity index (χ0n) is 11.3. The van der Waals surface area contributed by atoms with E-state index < -0.39 is 12.0 Å². The van der Waals surface area contributed by atoms with E-state index in [1.165, 1.54) is 0 Å². The third-order valence-electron chi connectivity index (χ3n) is 2.86. The molecule has 0 aliphatic carbocycles. The number of alkyl halides is 3. The Balaban J connectivity index is 2.09. The molecule has 0 bridgehead atoms. The van der Waals surface area contributed by atoms with Crippen molar-refractivity contribution in [3.8, 4) is 10.6 Å². The number of hydrogen-bond acceptors (Lipinski definition) is 4. The van der Waals surface area contributed by atoms with Gasteiger partial charge in [-0.3, -0.25) is 0 Å². The molecule has 3 aromatic heterocycles. The van der Waals surface area contributed by atoms with Gasteiger partial charge in [-0.15, -0.1) is 10.2 Å². The summed E-state index contributed by atoms with van der Waals surface area (Å²) < 4.78 is 42.0. The molecule has 0 amide bonds. The van der Waals surface area contributed by atoms with E-state index in [1.54, 1.807) is 0 Å². The van der Waals surface area contributed by atoms with Gasteiger partial charge >= 0.3 is 6.18 Å². The fourth-order valence-electron chi connectivity index (χ4n) is 2.01. The zero-order chi connectivity index (χ0) is 15.9. The second kappa shape index (κ2) is 5.58. The van der Waals surface area contributed by atoms with Gasteiger partial charge in [-0.25, -0.2) is 4.57 Å². The Labute approximate surface area is 135 Å². The number of halogens is 4. The van der Waals surface area contributed by atoms with Crippen LogP contribution >= 0.6 is 27.3 Å². The quantitative estimate of drug-likeness (QED) is 0.642. The first kappa shape index (κ1) is 15.3.